The van der Waals surface area contributed by atoms with Gasteiger partial charge in [0.1, 0.15) is 29.1 Å². The van der Waals surface area contributed by atoms with Gasteiger partial charge in [-0.25, -0.2) is 14.8 Å². The number of rotatable bonds is 6. The minimum absolute atomic E-state index is 0.120. The Morgan fingerprint density at radius 3 is 2.66 bits per heavy atom. The van der Waals surface area contributed by atoms with Crippen LogP contribution in [0.4, 0.5) is 27.8 Å². The van der Waals surface area contributed by atoms with Crippen molar-refractivity contribution < 1.29 is 14.5 Å². The van der Waals surface area contributed by atoms with Crippen LogP contribution in [-0.4, -0.2) is 56.1 Å². The fraction of sp³-hybridized carbons (Fsp3) is 0.524. The summed E-state index contributed by atoms with van der Waals surface area (Å²) in [5.41, 5.74) is 0.459. The Labute approximate surface area is 186 Å². The normalized spacial score (nSPS) is 16.4. The average molecular weight is 444 g/mol. The number of hydrogen-bond donors (Lipinski definition) is 2. The van der Waals surface area contributed by atoms with E-state index in [-0.39, 0.29) is 17.7 Å². The van der Waals surface area contributed by atoms with Gasteiger partial charge in [0.15, 0.2) is 0 Å². The summed E-state index contributed by atoms with van der Waals surface area (Å²) in [5, 5.41) is 17.6. The number of carbonyl (C=O) groups is 1. The first-order chi connectivity index (χ1) is 15.1. The van der Waals surface area contributed by atoms with Crippen LogP contribution in [0.3, 0.4) is 0 Å². The molecule has 1 saturated heterocycles. The maximum Gasteiger partial charge on any atom is 0.410 e. The van der Waals surface area contributed by atoms with E-state index in [2.05, 4.69) is 25.6 Å². The van der Waals surface area contributed by atoms with Gasteiger partial charge in [0.25, 0.3) is 0 Å². The molecule has 3 rings (SSSR count). The van der Waals surface area contributed by atoms with Gasteiger partial charge in [-0.05, 0) is 46.5 Å². The number of nitrogens with one attached hydrogen (secondary N) is 2. The highest BCUT2D eigenvalue weighted by atomic mass is 16.6. The zero-order valence-corrected chi connectivity index (χ0v) is 18.8. The molecule has 0 radical (unpaired) electrons. The van der Waals surface area contributed by atoms with Crippen molar-refractivity contribution in [1.82, 2.24) is 19.9 Å². The van der Waals surface area contributed by atoms with Gasteiger partial charge in [-0.2, -0.15) is 0 Å². The van der Waals surface area contributed by atoms with E-state index in [1.807, 2.05) is 27.7 Å². The lowest BCUT2D eigenvalue weighted by Gasteiger charge is -2.34. The van der Waals surface area contributed by atoms with E-state index >= 15 is 0 Å². The zero-order valence-electron chi connectivity index (χ0n) is 18.8. The first-order valence-electron chi connectivity index (χ1n) is 10.5. The molecule has 0 bridgehead atoms. The van der Waals surface area contributed by atoms with Gasteiger partial charge in [0, 0.05) is 25.7 Å². The summed E-state index contributed by atoms with van der Waals surface area (Å²) >= 11 is 0. The lowest BCUT2D eigenvalue weighted by atomic mass is 9.98. The first kappa shape index (κ1) is 23.2. The van der Waals surface area contributed by atoms with E-state index in [9.17, 15) is 14.9 Å². The molecule has 172 valence electrons. The van der Waals surface area contributed by atoms with E-state index in [0.29, 0.717) is 37.0 Å². The molecule has 2 aromatic heterocycles. The molecular formula is C21H29N7O4. The molecule has 11 nitrogen and oxygen atoms in total. The second-order valence-electron chi connectivity index (χ2n) is 8.83. The SMILES string of the molecule is Cc1cnc(Nc2cc(NCC3CCCN(C(=O)OC(C)(C)C)C3)c([N+](=O)[O-])cn2)cn1. The Bertz CT molecular complexity index is 960. The minimum atomic E-state index is -0.550. The molecule has 1 amide bonds. The summed E-state index contributed by atoms with van der Waals surface area (Å²) in [6.45, 7) is 9.00. The molecule has 2 aromatic rings. The third-order valence-corrected chi connectivity index (χ3v) is 4.87. The zero-order chi connectivity index (χ0) is 23.3. The molecule has 1 aliphatic heterocycles. The molecule has 3 heterocycles. The van der Waals surface area contributed by atoms with Gasteiger partial charge in [-0.15, -0.1) is 0 Å². The maximum atomic E-state index is 12.4. The fourth-order valence-electron chi connectivity index (χ4n) is 3.37. The van der Waals surface area contributed by atoms with Gasteiger partial charge >= 0.3 is 11.8 Å². The molecule has 0 aromatic carbocycles. The van der Waals surface area contributed by atoms with E-state index in [1.165, 1.54) is 6.20 Å². The van der Waals surface area contributed by atoms with Crippen LogP contribution in [0.25, 0.3) is 0 Å². The number of aryl methyl sites for hydroxylation is 1. The highest BCUT2D eigenvalue weighted by Crippen LogP contribution is 2.28. The van der Waals surface area contributed by atoms with Gasteiger partial charge in [-0.3, -0.25) is 15.1 Å². The van der Waals surface area contributed by atoms with Crippen molar-refractivity contribution in [2.45, 2.75) is 46.1 Å². The third kappa shape index (κ3) is 6.50. The Kier molecular flexibility index (Phi) is 7.06. The van der Waals surface area contributed by atoms with Crippen molar-refractivity contribution in [3.63, 3.8) is 0 Å². The molecule has 2 N–H and O–H groups in total. The molecule has 0 saturated carbocycles. The Hall–Kier alpha value is -3.50. The van der Waals surface area contributed by atoms with Crippen molar-refractivity contribution in [2.24, 2.45) is 5.92 Å². The summed E-state index contributed by atoms with van der Waals surface area (Å²) < 4.78 is 5.47. The van der Waals surface area contributed by atoms with Gasteiger partial charge in [0.2, 0.25) is 0 Å². The molecule has 1 fully saturated rings. The molecule has 1 aliphatic rings. The number of likely N-dealkylation sites (tertiary alicyclic amines) is 1. The molecule has 0 spiro atoms. The fourth-order valence-corrected chi connectivity index (χ4v) is 3.37. The number of ether oxygens (including phenoxy) is 1. The summed E-state index contributed by atoms with van der Waals surface area (Å²) in [5.74, 6) is 1.04. The lowest BCUT2D eigenvalue weighted by molar-refractivity contribution is -0.384. The molecule has 32 heavy (non-hydrogen) atoms. The predicted octanol–water partition coefficient (Wildman–Crippen LogP) is 3.89. The summed E-state index contributed by atoms with van der Waals surface area (Å²) in [6, 6.07) is 1.58. The van der Waals surface area contributed by atoms with Crippen LogP contribution in [0.5, 0.6) is 0 Å². The van der Waals surface area contributed by atoms with Crippen LogP contribution < -0.4 is 10.6 Å². The maximum absolute atomic E-state index is 12.4. The number of nitro groups is 1. The number of nitrogens with zero attached hydrogens (tertiary/aromatic N) is 5. The number of anilines is 3. The smallest absolute Gasteiger partial charge is 0.410 e. The van der Waals surface area contributed by atoms with Crippen LogP contribution in [0, 0.1) is 23.0 Å². The van der Waals surface area contributed by atoms with E-state index in [0.717, 1.165) is 18.5 Å². The number of carbonyl (C=O) groups excluding carboxylic acids is 1. The van der Waals surface area contributed by atoms with E-state index < -0.39 is 10.5 Å². The summed E-state index contributed by atoms with van der Waals surface area (Å²) in [6.07, 6.45) is 5.83. The van der Waals surface area contributed by atoms with Crippen molar-refractivity contribution in [1.29, 1.82) is 0 Å². The first-order valence-corrected chi connectivity index (χ1v) is 10.5. The number of hydrogen-bond acceptors (Lipinski definition) is 9. The van der Waals surface area contributed by atoms with Crippen LogP contribution in [-0.2, 0) is 4.74 Å². The Morgan fingerprint density at radius 1 is 1.25 bits per heavy atom. The lowest BCUT2D eigenvalue weighted by Crippen LogP contribution is -2.44. The molecule has 0 aliphatic carbocycles. The highest BCUT2D eigenvalue weighted by molar-refractivity contribution is 5.68. The largest absolute Gasteiger partial charge is 0.444 e. The number of pyridine rings is 1. The van der Waals surface area contributed by atoms with Crippen LogP contribution in [0.1, 0.15) is 39.3 Å². The van der Waals surface area contributed by atoms with Gasteiger partial charge in [0.05, 0.1) is 23.0 Å². The average Bonchev–Trinajstić information content (AvgIpc) is 2.73. The van der Waals surface area contributed by atoms with Crippen molar-refractivity contribution in [3.8, 4) is 0 Å². The van der Waals surface area contributed by atoms with Crippen molar-refractivity contribution in [3.05, 3.63) is 40.5 Å². The van der Waals surface area contributed by atoms with Gasteiger partial charge < -0.3 is 20.3 Å². The quantitative estimate of drug-likeness (QED) is 0.503. The van der Waals surface area contributed by atoms with Gasteiger partial charge in [-0.1, -0.05) is 0 Å². The standard InChI is InChI=1S/C21H29N7O4/c1-14-9-24-19(12-22-14)26-18-8-16(17(11-25-18)28(30)31)23-10-15-6-5-7-27(13-15)20(29)32-21(2,3)4/h8-9,11-12,15H,5-7,10,13H2,1-4H3,(H2,23,24,25,26). The predicted molar refractivity (Wildman–Crippen MR) is 120 cm³/mol. The Balaban J connectivity index is 1.66. The number of aromatic nitrogens is 3. The summed E-state index contributed by atoms with van der Waals surface area (Å²) in [7, 11) is 0. The molecule has 1 unspecified atom stereocenters. The van der Waals surface area contributed by atoms with Crippen molar-refractivity contribution >= 4 is 29.1 Å². The molecule has 11 heteroatoms. The number of piperidine rings is 1. The minimum Gasteiger partial charge on any atom is -0.444 e. The highest BCUT2D eigenvalue weighted by Gasteiger charge is 2.28. The monoisotopic (exact) mass is 443 g/mol. The van der Waals surface area contributed by atoms with Crippen LogP contribution in [0.2, 0.25) is 0 Å². The van der Waals surface area contributed by atoms with Crippen molar-refractivity contribution in [2.75, 3.05) is 30.3 Å². The summed E-state index contributed by atoms with van der Waals surface area (Å²) in [4.78, 5) is 37.6. The molecular weight excluding hydrogens is 414 g/mol. The van der Waals surface area contributed by atoms with E-state index in [1.54, 1.807) is 23.4 Å². The molecule has 1 atom stereocenters. The second kappa shape index (κ2) is 9.75. The topological polar surface area (TPSA) is 135 Å². The third-order valence-electron chi connectivity index (χ3n) is 4.87. The number of amides is 1. The van der Waals surface area contributed by atoms with E-state index in [4.69, 9.17) is 4.74 Å². The van der Waals surface area contributed by atoms with Crippen LogP contribution >= 0.6 is 0 Å². The Morgan fingerprint density at radius 2 is 2.00 bits per heavy atom. The second-order valence-corrected chi connectivity index (χ2v) is 8.83. The van der Waals surface area contributed by atoms with Crippen LogP contribution in [0.15, 0.2) is 24.7 Å².